The number of ether oxygens (including phenoxy) is 1. The molecule has 0 unspecified atom stereocenters. The molecule has 0 atom stereocenters. The summed E-state index contributed by atoms with van der Waals surface area (Å²) in [6, 6.07) is 14.8. The fraction of sp³-hybridized carbons (Fsp3) is 0.241. The maximum atomic E-state index is 14.7. The van der Waals surface area contributed by atoms with Crippen LogP contribution in [-0.4, -0.2) is 27.9 Å². The van der Waals surface area contributed by atoms with Crippen LogP contribution in [0.25, 0.3) is 31.7 Å². The Morgan fingerprint density at radius 2 is 1.92 bits per heavy atom. The van der Waals surface area contributed by atoms with Gasteiger partial charge in [-0.2, -0.15) is 0 Å². The molecule has 1 aliphatic rings. The van der Waals surface area contributed by atoms with Crippen molar-refractivity contribution in [1.82, 2.24) is 14.5 Å². The predicted molar refractivity (Wildman–Crippen MR) is 157 cm³/mol. The standard InChI is InChI=1S/C29H23BBrFN4O2S/c31-21-4-5-26-23(11-21)24-12-25(32)28(37)36(29(24)39-26)15-19-2-1-3-20(10-19)27-34-13-22(14-35-27)38-16-18-6-8-30(17-33)9-7-18/h1-5,10-14,18H,6-9,15-16H2. The molecule has 39 heavy (non-hydrogen) atoms. The van der Waals surface area contributed by atoms with Gasteiger partial charge >= 0.3 is 0 Å². The lowest BCUT2D eigenvalue weighted by Gasteiger charge is -2.23. The number of nitriles is 1. The van der Waals surface area contributed by atoms with Crippen LogP contribution in [0.3, 0.4) is 0 Å². The van der Waals surface area contributed by atoms with Gasteiger partial charge in [0.2, 0.25) is 0 Å². The highest BCUT2D eigenvalue weighted by molar-refractivity contribution is 9.10. The van der Waals surface area contributed by atoms with Gasteiger partial charge in [0.25, 0.3) is 12.3 Å². The van der Waals surface area contributed by atoms with E-state index in [1.54, 1.807) is 12.4 Å². The Kier molecular flexibility index (Phi) is 7.19. The third kappa shape index (κ3) is 5.34. The Bertz CT molecular complexity index is 1780. The first kappa shape index (κ1) is 25.7. The van der Waals surface area contributed by atoms with Crippen molar-refractivity contribution in [2.24, 2.45) is 5.92 Å². The quantitative estimate of drug-likeness (QED) is 0.197. The highest BCUT2D eigenvalue weighted by Gasteiger charge is 2.24. The molecule has 0 amide bonds. The second-order valence-electron chi connectivity index (χ2n) is 9.95. The van der Waals surface area contributed by atoms with Gasteiger partial charge in [0.15, 0.2) is 17.4 Å². The Morgan fingerprint density at radius 3 is 2.69 bits per heavy atom. The zero-order valence-corrected chi connectivity index (χ0v) is 23.3. The van der Waals surface area contributed by atoms with Crippen molar-refractivity contribution in [2.75, 3.05) is 6.61 Å². The van der Waals surface area contributed by atoms with Crippen LogP contribution in [0.1, 0.15) is 18.4 Å². The van der Waals surface area contributed by atoms with E-state index in [0.717, 1.165) is 61.4 Å². The van der Waals surface area contributed by atoms with E-state index in [9.17, 15) is 9.18 Å². The van der Waals surface area contributed by atoms with Gasteiger partial charge in [0.1, 0.15) is 4.83 Å². The average molecular weight is 601 g/mol. The molecule has 0 spiro atoms. The summed E-state index contributed by atoms with van der Waals surface area (Å²) in [7, 11) is 0. The minimum Gasteiger partial charge on any atom is -0.490 e. The van der Waals surface area contributed by atoms with Crippen molar-refractivity contribution < 1.29 is 9.13 Å². The molecular formula is C29H23BBrFN4O2S. The van der Waals surface area contributed by atoms with Crippen LogP contribution in [-0.2, 0) is 6.54 Å². The second kappa shape index (κ2) is 10.9. The molecule has 1 saturated heterocycles. The monoisotopic (exact) mass is 600 g/mol. The molecule has 0 radical (unpaired) electrons. The summed E-state index contributed by atoms with van der Waals surface area (Å²) >= 11 is 4.97. The number of aromatic nitrogens is 3. The number of pyridine rings is 1. The summed E-state index contributed by atoms with van der Waals surface area (Å²) in [6.07, 6.45) is 7.22. The molecule has 194 valence electrons. The van der Waals surface area contributed by atoms with Crippen molar-refractivity contribution in [2.45, 2.75) is 32.0 Å². The summed E-state index contributed by atoms with van der Waals surface area (Å²) in [6.45, 7) is 1.00. The molecule has 0 bridgehead atoms. The number of halogens is 2. The molecule has 1 aliphatic heterocycles. The number of benzene rings is 2. The summed E-state index contributed by atoms with van der Waals surface area (Å²) in [5.74, 6) is 3.20. The summed E-state index contributed by atoms with van der Waals surface area (Å²) in [4.78, 5) is 22.6. The molecule has 1 fully saturated rings. The number of rotatable bonds is 6. The van der Waals surface area contributed by atoms with Crippen LogP contribution >= 0.6 is 27.3 Å². The molecule has 0 aliphatic carbocycles. The maximum Gasteiger partial charge on any atom is 0.287 e. The van der Waals surface area contributed by atoms with Gasteiger partial charge < -0.3 is 4.74 Å². The van der Waals surface area contributed by atoms with Crippen LogP contribution in [0, 0.1) is 23.0 Å². The van der Waals surface area contributed by atoms with E-state index in [2.05, 4.69) is 31.9 Å². The van der Waals surface area contributed by atoms with Gasteiger partial charge in [-0.15, -0.1) is 11.3 Å². The molecule has 6 rings (SSSR count). The number of nitrogens with zero attached hydrogens (tertiary/aromatic N) is 4. The van der Waals surface area contributed by atoms with Crippen LogP contribution in [0.15, 0.2) is 70.2 Å². The SMILES string of the molecule is N#CB1CCC(COc2cnc(-c3cccc(Cn4c(=O)c(F)cc5c6cc(Br)ccc6sc54)c3)nc2)CC1. The first-order valence-corrected chi connectivity index (χ1v) is 14.4. The zero-order chi connectivity index (χ0) is 26.9. The number of fused-ring (bicyclic) bond motifs is 3. The maximum absolute atomic E-state index is 14.7. The number of hydrogen-bond acceptors (Lipinski definition) is 6. The minimum atomic E-state index is -0.768. The molecular weight excluding hydrogens is 578 g/mol. The van der Waals surface area contributed by atoms with Crippen LogP contribution < -0.4 is 10.3 Å². The van der Waals surface area contributed by atoms with Crippen molar-refractivity contribution >= 4 is 54.3 Å². The van der Waals surface area contributed by atoms with Crippen molar-refractivity contribution in [3.63, 3.8) is 0 Å². The first-order valence-electron chi connectivity index (χ1n) is 12.8. The fourth-order valence-electron chi connectivity index (χ4n) is 5.17. The summed E-state index contributed by atoms with van der Waals surface area (Å²) in [5.41, 5.74) is 1.00. The van der Waals surface area contributed by atoms with E-state index in [4.69, 9.17) is 10.00 Å². The molecule has 3 aromatic heterocycles. The van der Waals surface area contributed by atoms with E-state index in [1.165, 1.54) is 22.0 Å². The Labute approximate surface area is 237 Å². The van der Waals surface area contributed by atoms with Crippen molar-refractivity contribution in [1.29, 1.82) is 5.26 Å². The second-order valence-corrected chi connectivity index (χ2v) is 11.9. The van der Waals surface area contributed by atoms with E-state index < -0.39 is 11.4 Å². The molecule has 5 aromatic rings. The van der Waals surface area contributed by atoms with E-state index in [1.807, 2.05) is 42.5 Å². The van der Waals surface area contributed by atoms with Gasteiger partial charge in [-0.05, 0) is 41.8 Å². The van der Waals surface area contributed by atoms with Gasteiger partial charge in [0.05, 0.1) is 25.5 Å². The lowest BCUT2D eigenvalue weighted by Crippen LogP contribution is -2.23. The normalized spacial score (nSPS) is 14.1. The zero-order valence-electron chi connectivity index (χ0n) is 20.9. The van der Waals surface area contributed by atoms with Gasteiger partial charge in [-0.3, -0.25) is 9.36 Å². The molecule has 6 nitrogen and oxygen atoms in total. The van der Waals surface area contributed by atoms with Crippen LogP contribution in [0.2, 0.25) is 12.6 Å². The topological polar surface area (TPSA) is 80.8 Å². The lowest BCUT2D eigenvalue weighted by atomic mass is 9.42. The lowest BCUT2D eigenvalue weighted by molar-refractivity contribution is 0.235. The van der Waals surface area contributed by atoms with Gasteiger partial charge in [0, 0.05) is 31.5 Å². The predicted octanol–water partition coefficient (Wildman–Crippen LogP) is 6.97. The Balaban J connectivity index is 1.21. The highest BCUT2D eigenvalue weighted by Crippen LogP contribution is 2.35. The largest absolute Gasteiger partial charge is 0.490 e. The van der Waals surface area contributed by atoms with Gasteiger partial charge in [-0.1, -0.05) is 59.6 Å². The van der Waals surface area contributed by atoms with E-state index >= 15 is 0 Å². The molecule has 10 heteroatoms. The van der Waals surface area contributed by atoms with E-state index in [0.29, 0.717) is 24.1 Å². The minimum absolute atomic E-state index is 0.178. The molecule has 0 saturated carbocycles. The van der Waals surface area contributed by atoms with Crippen molar-refractivity contribution in [3.8, 4) is 23.1 Å². The number of thiophene rings is 1. The van der Waals surface area contributed by atoms with Crippen molar-refractivity contribution in [3.05, 3.63) is 87.1 Å². The fourth-order valence-corrected chi connectivity index (χ4v) is 6.69. The molecule has 0 N–H and O–H groups in total. The smallest absolute Gasteiger partial charge is 0.287 e. The Hall–Kier alpha value is -3.55. The Morgan fingerprint density at radius 1 is 1.13 bits per heavy atom. The first-order chi connectivity index (χ1) is 19.0. The van der Waals surface area contributed by atoms with Crippen LogP contribution in [0.5, 0.6) is 5.75 Å². The highest BCUT2D eigenvalue weighted by atomic mass is 79.9. The van der Waals surface area contributed by atoms with E-state index in [-0.39, 0.29) is 13.3 Å². The molecule has 4 heterocycles. The third-order valence-electron chi connectivity index (χ3n) is 7.30. The third-order valence-corrected chi connectivity index (χ3v) is 9.01. The molecule has 2 aromatic carbocycles. The van der Waals surface area contributed by atoms with Gasteiger partial charge in [-0.25, -0.2) is 19.6 Å². The number of hydrogen-bond donors (Lipinski definition) is 0. The summed E-state index contributed by atoms with van der Waals surface area (Å²) < 4.78 is 24.1. The summed E-state index contributed by atoms with van der Waals surface area (Å²) in [5, 5.41) is 10.7. The average Bonchev–Trinajstić information content (AvgIpc) is 3.32. The van der Waals surface area contributed by atoms with Crippen LogP contribution in [0.4, 0.5) is 4.39 Å².